The fraction of sp³-hybridized carbons (Fsp3) is 0.667. The van der Waals surface area contributed by atoms with Crippen molar-refractivity contribution in [2.75, 3.05) is 6.61 Å². The van der Waals surface area contributed by atoms with Gasteiger partial charge in [0.15, 0.2) is 11.6 Å². The van der Waals surface area contributed by atoms with Crippen LogP contribution in [-0.2, 0) is 19.2 Å². The van der Waals surface area contributed by atoms with Crippen molar-refractivity contribution in [3.63, 3.8) is 0 Å². The normalized spacial score (nSPS) is 41.7. The van der Waals surface area contributed by atoms with Crippen molar-refractivity contribution in [1.82, 2.24) is 0 Å². The molecule has 3 saturated carbocycles. The minimum absolute atomic E-state index is 0.0206. The number of carbonyl (C=O) groups excluding carboxylic acids is 4. The fourth-order valence-electron chi connectivity index (χ4n) is 6.62. The van der Waals surface area contributed by atoms with Crippen LogP contribution in [0.5, 0.6) is 0 Å². The van der Waals surface area contributed by atoms with Gasteiger partial charge in [-0.05, 0) is 63.5 Å². The van der Waals surface area contributed by atoms with Gasteiger partial charge in [-0.25, -0.2) is 0 Å². The molecule has 0 radical (unpaired) electrons. The molecule has 164 valence electrons. The van der Waals surface area contributed by atoms with E-state index in [0.29, 0.717) is 12.8 Å². The van der Waals surface area contributed by atoms with Gasteiger partial charge in [0.05, 0.1) is 0 Å². The number of Topliss-reactive ketones (excluding diaryl/α,β-unsaturated/α-hetero) is 3. The predicted molar refractivity (Wildman–Crippen MR) is 110 cm³/mol. The van der Waals surface area contributed by atoms with Crippen LogP contribution in [-0.4, -0.2) is 45.6 Å². The van der Waals surface area contributed by atoms with E-state index >= 15 is 0 Å². The third-order valence-electron chi connectivity index (χ3n) is 8.01. The zero-order valence-electron chi connectivity index (χ0n) is 18.2. The lowest BCUT2D eigenvalue weighted by Gasteiger charge is -2.56. The summed E-state index contributed by atoms with van der Waals surface area (Å²) in [5.41, 5.74) is -1.86. The molecule has 4 aliphatic rings. The van der Waals surface area contributed by atoms with Gasteiger partial charge in [0.2, 0.25) is 0 Å². The van der Waals surface area contributed by atoms with E-state index in [4.69, 9.17) is 0 Å². The Balaban J connectivity index is 0.000000589. The largest absolute Gasteiger partial charge is 0.388 e. The third kappa shape index (κ3) is 3.25. The van der Waals surface area contributed by atoms with Crippen LogP contribution in [0, 0.1) is 28.6 Å². The minimum Gasteiger partial charge on any atom is -0.388 e. The number of ketones is 4. The van der Waals surface area contributed by atoms with Crippen LogP contribution in [0.4, 0.5) is 0 Å². The van der Waals surface area contributed by atoms with E-state index in [-0.39, 0.29) is 41.5 Å². The first-order valence-corrected chi connectivity index (χ1v) is 10.7. The molecule has 6 nitrogen and oxygen atoms in total. The Bertz CT molecular complexity index is 850. The van der Waals surface area contributed by atoms with Crippen LogP contribution in [0.2, 0.25) is 0 Å². The number of aliphatic hydroxyl groups excluding tert-OH is 1. The van der Waals surface area contributed by atoms with E-state index in [1.165, 1.54) is 13.8 Å². The molecule has 0 amide bonds. The molecule has 30 heavy (non-hydrogen) atoms. The Kier molecular flexibility index (Phi) is 5.80. The summed E-state index contributed by atoms with van der Waals surface area (Å²) in [6.07, 6.45) is 7.82. The van der Waals surface area contributed by atoms with Crippen molar-refractivity contribution in [1.29, 1.82) is 0 Å². The van der Waals surface area contributed by atoms with Crippen molar-refractivity contribution in [2.24, 2.45) is 28.6 Å². The van der Waals surface area contributed by atoms with Gasteiger partial charge in [0, 0.05) is 23.2 Å². The SMILES string of the molecule is CC(C)=O.C[C@]12C=CC(=O)C=C1CC[C@@H]1[C@@H]2C(=O)C[C@@]2(C)[C@H]1CC[C@]2(O)C(=O)CO. The van der Waals surface area contributed by atoms with Crippen molar-refractivity contribution in [3.8, 4) is 0 Å². The van der Waals surface area contributed by atoms with Crippen LogP contribution < -0.4 is 0 Å². The molecule has 0 aromatic heterocycles. The van der Waals surface area contributed by atoms with E-state index in [0.717, 1.165) is 18.4 Å². The van der Waals surface area contributed by atoms with Crippen LogP contribution in [0.25, 0.3) is 0 Å². The number of fused-ring (bicyclic) bond motifs is 5. The van der Waals surface area contributed by atoms with E-state index in [9.17, 15) is 29.4 Å². The summed E-state index contributed by atoms with van der Waals surface area (Å²) < 4.78 is 0. The smallest absolute Gasteiger partial charge is 0.190 e. The fourth-order valence-corrected chi connectivity index (χ4v) is 6.62. The topological polar surface area (TPSA) is 109 Å². The van der Waals surface area contributed by atoms with Gasteiger partial charge in [-0.3, -0.25) is 14.4 Å². The third-order valence-corrected chi connectivity index (χ3v) is 8.01. The molecular formula is C24H32O6. The number of aliphatic hydroxyl groups is 2. The van der Waals surface area contributed by atoms with Crippen LogP contribution in [0.15, 0.2) is 23.8 Å². The van der Waals surface area contributed by atoms with Gasteiger partial charge in [0.25, 0.3) is 0 Å². The average molecular weight is 417 g/mol. The summed E-state index contributed by atoms with van der Waals surface area (Å²) in [7, 11) is 0. The second-order valence-corrected chi connectivity index (χ2v) is 9.92. The van der Waals surface area contributed by atoms with E-state index < -0.39 is 28.8 Å². The maximum atomic E-state index is 13.3. The summed E-state index contributed by atoms with van der Waals surface area (Å²) in [6, 6.07) is 0. The molecule has 0 aliphatic heterocycles. The number of rotatable bonds is 2. The maximum Gasteiger partial charge on any atom is 0.190 e. The Morgan fingerprint density at radius 3 is 2.40 bits per heavy atom. The lowest BCUT2D eigenvalue weighted by atomic mass is 9.46. The Morgan fingerprint density at radius 1 is 1.17 bits per heavy atom. The molecule has 0 aromatic carbocycles. The predicted octanol–water partition coefficient (Wildman–Crippen LogP) is 2.36. The molecule has 0 bridgehead atoms. The molecular weight excluding hydrogens is 384 g/mol. The van der Waals surface area contributed by atoms with Crippen LogP contribution in [0.3, 0.4) is 0 Å². The summed E-state index contributed by atoms with van der Waals surface area (Å²) >= 11 is 0. The highest BCUT2D eigenvalue weighted by molar-refractivity contribution is 6.02. The van der Waals surface area contributed by atoms with Crippen molar-refractivity contribution >= 4 is 23.1 Å². The molecule has 0 heterocycles. The van der Waals surface area contributed by atoms with Gasteiger partial charge in [0.1, 0.15) is 23.8 Å². The van der Waals surface area contributed by atoms with E-state index in [1.807, 2.05) is 19.9 Å². The lowest BCUT2D eigenvalue weighted by molar-refractivity contribution is -0.168. The summed E-state index contributed by atoms with van der Waals surface area (Å²) in [6.45, 7) is 6.25. The van der Waals surface area contributed by atoms with Gasteiger partial charge >= 0.3 is 0 Å². The zero-order valence-corrected chi connectivity index (χ0v) is 18.2. The quantitative estimate of drug-likeness (QED) is 0.715. The highest BCUT2D eigenvalue weighted by atomic mass is 16.3. The first-order valence-electron chi connectivity index (χ1n) is 10.7. The van der Waals surface area contributed by atoms with Crippen LogP contribution >= 0.6 is 0 Å². The monoisotopic (exact) mass is 416 g/mol. The number of carbonyl (C=O) groups is 4. The van der Waals surface area contributed by atoms with Crippen LogP contribution in [0.1, 0.15) is 59.8 Å². The molecule has 4 aliphatic carbocycles. The zero-order chi connectivity index (χ0) is 22.5. The molecule has 3 fully saturated rings. The van der Waals surface area contributed by atoms with E-state index in [1.54, 1.807) is 12.2 Å². The number of allylic oxidation sites excluding steroid dienone is 4. The highest BCUT2D eigenvalue weighted by Crippen LogP contribution is 2.66. The lowest BCUT2D eigenvalue weighted by Crippen LogP contribution is -2.60. The summed E-state index contributed by atoms with van der Waals surface area (Å²) in [5.74, 6) is -0.424. The Hall–Kier alpha value is -1.92. The molecule has 6 heteroatoms. The standard InChI is InChI=1S/C21H26O5.C3H6O/c1-19-7-5-13(23)9-12(19)3-4-14-15-6-8-21(26,17(25)11-22)20(15,2)10-16(24)18(14)19;1-3(2)4/h5,7,9,14-15,18,22,26H,3-4,6,8,10-11H2,1-2H3;1-2H3/t14-,15-,18+,19-,20-,21-;/m0./s1. The molecule has 2 N–H and O–H groups in total. The summed E-state index contributed by atoms with van der Waals surface area (Å²) in [4.78, 5) is 46.8. The van der Waals surface area contributed by atoms with Crippen molar-refractivity contribution in [3.05, 3.63) is 23.8 Å². The Morgan fingerprint density at radius 2 is 1.80 bits per heavy atom. The van der Waals surface area contributed by atoms with Gasteiger partial charge in [-0.1, -0.05) is 25.5 Å². The molecule has 0 saturated heterocycles. The first kappa shape index (κ1) is 22.8. The van der Waals surface area contributed by atoms with Gasteiger partial charge in [-0.15, -0.1) is 0 Å². The van der Waals surface area contributed by atoms with Crippen molar-refractivity contribution < 1.29 is 29.4 Å². The van der Waals surface area contributed by atoms with Gasteiger partial charge < -0.3 is 15.0 Å². The average Bonchev–Trinajstić information content (AvgIpc) is 2.92. The van der Waals surface area contributed by atoms with E-state index in [2.05, 4.69) is 0 Å². The Labute approximate surface area is 177 Å². The molecule has 6 atom stereocenters. The second-order valence-electron chi connectivity index (χ2n) is 9.92. The minimum atomic E-state index is -1.62. The molecule has 0 aromatic rings. The molecule has 4 rings (SSSR count). The number of hydrogen-bond acceptors (Lipinski definition) is 6. The van der Waals surface area contributed by atoms with Crippen molar-refractivity contribution in [2.45, 2.75) is 65.4 Å². The molecule has 0 spiro atoms. The van der Waals surface area contributed by atoms with Gasteiger partial charge in [-0.2, -0.15) is 0 Å². The first-order chi connectivity index (χ1) is 13.9. The summed E-state index contributed by atoms with van der Waals surface area (Å²) in [5, 5.41) is 20.5. The second kappa shape index (κ2) is 7.65. The maximum absolute atomic E-state index is 13.3. The highest BCUT2D eigenvalue weighted by Gasteiger charge is 2.68. The molecule has 0 unspecified atom stereocenters. The number of hydrogen-bond donors (Lipinski definition) is 2.